The molecule has 2 rings (SSSR count). The highest BCUT2D eigenvalue weighted by molar-refractivity contribution is 6.42. The number of nitrogens with two attached hydrogens (primary N) is 1. The number of hydrogen-bond acceptors (Lipinski definition) is 3. The summed E-state index contributed by atoms with van der Waals surface area (Å²) in [6.07, 6.45) is 1.70. The van der Waals surface area contributed by atoms with Crippen molar-refractivity contribution >= 4 is 29.1 Å². The molecule has 0 fully saturated rings. The second kappa shape index (κ2) is 6.47. The standard InChI is InChI=1S/C14H16Cl2N4O/c1-9(8-17)19(2)14(21)13-5-6-20(18-13)10-3-4-11(15)12(16)7-10/h3-7,9H,8,17H2,1-2H3. The molecule has 5 nitrogen and oxygen atoms in total. The number of rotatable bonds is 4. The van der Waals surface area contributed by atoms with Crippen molar-refractivity contribution in [3.8, 4) is 5.69 Å². The number of nitrogens with zero attached hydrogens (tertiary/aromatic N) is 3. The van der Waals surface area contributed by atoms with Crippen LogP contribution in [0.25, 0.3) is 5.69 Å². The molecule has 7 heteroatoms. The topological polar surface area (TPSA) is 64.2 Å². The Hall–Kier alpha value is -1.56. The molecule has 1 unspecified atom stereocenters. The monoisotopic (exact) mass is 326 g/mol. The first kappa shape index (κ1) is 15.8. The molecule has 0 spiro atoms. The zero-order chi connectivity index (χ0) is 15.6. The average molecular weight is 327 g/mol. The van der Waals surface area contributed by atoms with Gasteiger partial charge in [0.1, 0.15) is 0 Å². The molecule has 0 radical (unpaired) electrons. The molecule has 112 valence electrons. The molecule has 0 saturated heterocycles. The van der Waals surface area contributed by atoms with Gasteiger partial charge in [0, 0.05) is 25.8 Å². The molecule has 0 aliphatic rings. The highest BCUT2D eigenvalue weighted by Crippen LogP contribution is 2.24. The van der Waals surface area contributed by atoms with Crippen LogP contribution in [0.3, 0.4) is 0 Å². The number of halogens is 2. The third kappa shape index (κ3) is 3.37. The number of carbonyl (C=O) groups excluding carboxylic acids is 1. The highest BCUT2D eigenvalue weighted by Gasteiger charge is 2.19. The van der Waals surface area contributed by atoms with Crippen LogP contribution in [0.4, 0.5) is 0 Å². The summed E-state index contributed by atoms with van der Waals surface area (Å²) in [5.74, 6) is -0.174. The largest absolute Gasteiger partial charge is 0.336 e. The van der Waals surface area contributed by atoms with Crippen LogP contribution in [-0.4, -0.2) is 40.2 Å². The first-order chi connectivity index (χ1) is 9.93. The van der Waals surface area contributed by atoms with Crippen molar-refractivity contribution in [2.24, 2.45) is 5.73 Å². The van der Waals surface area contributed by atoms with E-state index in [4.69, 9.17) is 28.9 Å². The summed E-state index contributed by atoms with van der Waals surface area (Å²) in [6.45, 7) is 2.28. The van der Waals surface area contributed by atoms with Gasteiger partial charge in [0.05, 0.1) is 15.7 Å². The molecule has 1 aromatic carbocycles. The molecular weight excluding hydrogens is 311 g/mol. The zero-order valence-electron chi connectivity index (χ0n) is 11.8. The Morgan fingerprint density at radius 2 is 2.10 bits per heavy atom. The Morgan fingerprint density at radius 3 is 2.71 bits per heavy atom. The van der Waals surface area contributed by atoms with Gasteiger partial charge in [-0.3, -0.25) is 4.79 Å². The maximum Gasteiger partial charge on any atom is 0.274 e. The van der Waals surface area contributed by atoms with Crippen molar-refractivity contribution in [3.05, 3.63) is 46.2 Å². The van der Waals surface area contributed by atoms with Crippen molar-refractivity contribution in [2.45, 2.75) is 13.0 Å². The van der Waals surface area contributed by atoms with Crippen LogP contribution in [0, 0.1) is 0 Å². The van der Waals surface area contributed by atoms with E-state index in [2.05, 4.69) is 5.10 Å². The van der Waals surface area contributed by atoms with Gasteiger partial charge in [0.25, 0.3) is 5.91 Å². The SMILES string of the molecule is CC(CN)N(C)C(=O)c1ccn(-c2ccc(Cl)c(Cl)c2)n1. The van der Waals surface area contributed by atoms with Crippen LogP contribution in [0.1, 0.15) is 17.4 Å². The summed E-state index contributed by atoms with van der Waals surface area (Å²) in [5, 5.41) is 5.18. The van der Waals surface area contributed by atoms with E-state index in [1.807, 2.05) is 6.92 Å². The van der Waals surface area contributed by atoms with Crippen LogP contribution in [0.2, 0.25) is 10.0 Å². The molecule has 2 aromatic rings. The summed E-state index contributed by atoms with van der Waals surface area (Å²) >= 11 is 11.9. The number of hydrogen-bond donors (Lipinski definition) is 1. The molecule has 1 atom stereocenters. The lowest BCUT2D eigenvalue weighted by molar-refractivity contribution is 0.0742. The van der Waals surface area contributed by atoms with Gasteiger partial charge in [0.2, 0.25) is 0 Å². The van der Waals surface area contributed by atoms with Gasteiger partial charge in [-0.1, -0.05) is 23.2 Å². The molecular formula is C14H16Cl2N4O. The fourth-order valence-electron chi connectivity index (χ4n) is 1.75. The fourth-order valence-corrected chi connectivity index (χ4v) is 2.04. The summed E-state index contributed by atoms with van der Waals surface area (Å²) in [7, 11) is 1.71. The van der Waals surface area contributed by atoms with Gasteiger partial charge < -0.3 is 10.6 Å². The first-order valence-corrected chi connectivity index (χ1v) is 7.18. The van der Waals surface area contributed by atoms with E-state index in [-0.39, 0.29) is 11.9 Å². The highest BCUT2D eigenvalue weighted by atomic mass is 35.5. The molecule has 0 aliphatic carbocycles. The maximum absolute atomic E-state index is 12.3. The number of aromatic nitrogens is 2. The van der Waals surface area contributed by atoms with E-state index in [1.54, 1.807) is 47.1 Å². The van der Waals surface area contributed by atoms with Crippen molar-refractivity contribution < 1.29 is 4.79 Å². The molecule has 0 aliphatic heterocycles. The molecule has 1 amide bonds. The summed E-state index contributed by atoms with van der Waals surface area (Å²) in [4.78, 5) is 13.8. The van der Waals surface area contributed by atoms with Crippen LogP contribution < -0.4 is 5.73 Å². The third-order valence-electron chi connectivity index (χ3n) is 3.30. The van der Waals surface area contributed by atoms with Gasteiger partial charge >= 0.3 is 0 Å². The van der Waals surface area contributed by atoms with Crippen molar-refractivity contribution in [1.82, 2.24) is 14.7 Å². The number of amides is 1. The smallest absolute Gasteiger partial charge is 0.274 e. The van der Waals surface area contributed by atoms with Crippen molar-refractivity contribution in [1.29, 1.82) is 0 Å². The lowest BCUT2D eigenvalue weighted by Crippen LogP contribution is -2.39. The van der Waals surface area contributed by atoms with Gasteiger partial charge in [-0.15, -0.1) is 0 Å². The number of benzene rings is 1. The lowest BCUT2D eigenvalue weighted by atomic mass is 10.2. The van der Waals surface area contributed by atoms with E-state index < -0.39 is 0 Å². The lowest BCUT2D eigenvalue weighted by Gasteiger charge is -2.22. The minimum atomic E-state index is -0.174. The quantitative estimate of drug-likeness (QED) is 0.939. The summed E-state index contributed by atoms with van der Waals surface area (Å²) in [6, 6.07) is 6.77. The summed E-state index contributed by atoms with van der Waals surface area (Å²) in [5.41, 5.74) is 6.65. The Balaban J connectivity index is 2.25. The van der Waals surface area contributed by atoms with E-state index in [0.29, 0.717) is 22.3 Å². The minimum absolute atomic E-state index is 0.0485. The number of carbonyl (C=O) groups is 1. The average Bonchev–Trinajstić information content (AvgIpc) is 2.97. The second-order valence-corrected chi connectivity index (χ2v) is 5.56. The molecule has 0 bridgehead atoms. The third-order valence-corrected chi connectivity index (χ3v) is 4.04. The van der Waals surface area contributed by atoms with Gasteiger partial charge in [-0.05, 0) is 31.2 Å². The zero-order valence-corrected chi connectivity index (χ0v) is 13.3. The van der Waals surface area contributed by atoms with Crippen molar-refractivity contribution in [3.63, 3.8) is 0 Å². The molecule has 1 heterocycles. The van der Waals surface area contributed by atoms with E-state index in [9.17, 15) is 4.79 Å². The predicted octanol–water partition coefficient (Wildman–Crippen LogP) is 2.60. The molecule has 2 N–H and O–H groups in total. The second-order valence-electron chi connectivity index (χ2n) is 4.74. The minimum Gasteiger partial charge on any atom is -0.336 e. The van der Waals surface area contributed by atoms with Gasteiger partial charge in [-0.25, -0.2) is 4.68 Å². The summed E-state index contributed by atoms with van der Waals surface area (Å²) < 4.78 is 1.58. The van der Waals surface area contributed by atoms with Crippen LogP contribution >= 0.6 is 23.2 Å². The Bertz CT molecular complexity index is 656. The van der Waals surface area contributed by atoms with E-state index in [0.717, 1.165) is 5.69 Å². The molecule has 21 heavy (non-hydrogen) atoms. The van der Waals surface area contributed by atoms with Crippen LogP contribution in [0.15, 0.2) is 30.5 Å². The maximum atomic E-state index is 12.3. The Labute approximate surface area is 133 Å². The van der Waals surface area contributed by atoms with Crippen LogP contribution in [0.5, 0.6) is 0 Å². The van der Waals surface area contributed by atoms with Gasteiger partial charge in [-0.2, -0.15) is 5.10 Å². The van der Waals surface area contributed by atoms with E-state index >= 15 is 0 Å². The fraction of sp³-hybridized carbons (Fsp3) is 0.286. The van der Waals surface area contributed by atoms with Crippen LogP contribution in [-0.2, 0) is 0 Å². The van der Waals surface area contributed by atoms with Crippen molar-refractivity contribution in [2.75, 3.05) is 13.6 Å². The normalized spacial score (nSPS) is 12.2. The Kier molecular flexibility index (Phi) is 4.88. The van der Waals surface area contributed by atoms with Gasteiger partial charge in [0.15, 0.2) is 5.69 Å². The first-order valence-electron chi connectivity index (χ1n) is 6.42. The molecule has 0 saturated carbocycles. The Morgan fingerprint density at radius 1 is 1.38 bits per heavy atom. The number of likely N-dealkylation sites (N-methyl/N-ethyl adjacent to an activating group) is 1. The molecule has 1 aromatic heterocycles. The predicted molar refractivity (Wildman–Crippen MR) is 84.2 cm³/mol. The van der Waals surface area contributed by atoms with E-state index in [1.165, 1.54) is 0 Å².